The standard InChI is InChI=1S/C21H27FN2O2S/c1-14(2)15-6-8-21(27(23,25)26)20(13-15)18-4-3-17-12-19(24-10-9-22)7-5-16(17)11-18/h3-4,6,8,11,13-14,19,24H,5,7,9-10,12H2,1-2H3,(H2,23,25,26)/t19-/m0/s1. The molecular weight excluding hydrogens is 363 g/mol. The van der Waals surface area contributed by atoms with Crippen LogP contribution in [0.25, 0.3) is 11.1 Å². The molecule has 0 saturated heterocycles. The number of rotatable bonds is 6. The van der Waals surface area contributed by atoms with Crippen LogP contribution in [-0.2, 0) is 22.9 Å². The summed E-state index contributed by atoms with van der Waals surface area (Å²) in [4.78, 5) is 0.158. The summed E-state index contributed by atoms with van der Waals surface area (Å²) in [6.07, 6.45) is 2.70. The number of alkyl halides is 1. The second kappa shape index (κ2) is 8.09. The van der Waals surface area contributed by atoms with E-state index in [0.717, 1.165) is 30.4 Å². The first-order chi connectivity index (χ1) is 12.8. The van der Waals surface area contributed by atoms with Crippen molar-refractivity contribution >= 4 is 10.0 Å². The highest BCUT2D eigenvalue weighted by molar-refractivity contribution is 7.89. The number of primary sulfonamides is 1. The summed E-state index contributed by atoms with van der Waals surface area (Å²) in [6, 6.07) is 11.8. The van der Waals surface area contributed by atoms with Crippen LogP contribution in [0.2, 0.25) is 0 Å². The molecule has 3 rings (SSSR count). The summed E-state index contributed by atoms with van der Waals surface area (Å²) in [6.45, 7) is 4.18. The van der Waals surface area contributed by atoms with Crippen LogP contribution in [0.5, 0.6) is 0 Å². The molecule has 2 aromatic carbocycles. The number of nitrogens with two attached hydrogens (primary N) is 1. The predicted molar refractivity (Wildman–Crippen MR) is 107 cm³/mol. The number of hydrogen-bond acceptors (Lipinski definition) is 3. The van der Waals surface area contributed by atoms with Gasteiger partial charge in [-0.05, 0) is 59.6 Å². The number of benzene rings is 2. The summed E-state index contributed by atoms with van der Waals surface area (Å²) >= 11 is 0. The second-order valence-electron chi connectivity index (χ2n) is 7.52. The van der Waals surface area contributed by atoms with Crippen molar-refractivity contribution in [3.63, 3.8) is 0 Å². The third kappa shape index (κ3) is 4.57. The molecule has 0 fully saturated rings. The van der Waals surface area contributed by atoms with Crippen molar-refractivity contribution in [1.29, 1.82) is 0 Å². The number of fused-ring (bicyclic) bond motifs is 1. The van der Waals surface area contributed by atoms with E-state index in [4.69, 9.17) is 5.14 Å². The number of hydrogen-bond donors (Lipinski definition) is 2. The molecule has 3 N–H and O–H groups in total. The van der Waals surface area contributed by atoms with Crippen molar-refractivity contribution in [2.45, 2.75) is 50.0 Å². The smallest absolute Gasteiger partial charge is 0.238 e. The molecule has 146 valence electrons. The molecule has 0 bridgehead atoms. The van der Waals surface area contributed by atoms with Crippen molar-refractivity contribution in [2.24, 2.45) is 5.14 Å². The fraction of sp³-hybridized carbons (Fsp3) is 0.429. The van der Waals surface area contributed by atoms with Crippen LogP contribution in [0.4, 0.5) is 4.39 Å². The summed E-state index contributed by atoms with van der Waals surface area (Å²) in [5, 5.41) is 8.69. The molecule has 0 unspecified atom stereocenters. The maximum Gasteiger partial charge on any atom is 0.238 e. The number of halogens is 1. The van der Waals surface area contributed by atoms with E-state index < -0.39 is 10.0 Å². The van der Waals surface area contributed by atoms with Crippen LogP contribution >= 0.6 is 0 Å². The van der Waals surface area contributed by atoms with E-state index in [0.29, 0.717) is 24.1 Å². The quantitative estimate of drug-likeness (QED) is 0.792. The first-order valence-electron chi connectivity index (χ1n) is 9.38. The molecule has 1 aliphatic carbocycles. The highest BCUT2D eigenvalue weighted by Crippen LogP contribution is 2.33. The first kappa shape index (κ1) is 20.0. The molecule has 0 spiro atoms. The summed E-state index contributed by atoms with van der Waals surface area (Å²) in [5.41, 5.74) is 5.06. The molecule has 0 saturated carbocycles. The highest BCUT2D eigenvalue weighted by Gasteiger charge is 2.21. The maximum atomic E-state index is 12.4. The zero-order valence-electron chi connectivity index (χ0n) is 15.8. The van der Waals surface area contributed by atoms with Gasteiger partial charge in [-0.2, -0.15) is 0 Å². The molecule has 1 atom stereocenters. The SMILES string of the molecule is CC(C)c1ccc(S(N)(=O)=O)c(-c2ccc3c(c2)CC[C@H](NCCF)C3)c1. The Hall–Kier alpha value is -1.76. The zero-order valence-corrected chi connectivity index (χ0v) is 16.7. The number of sulfonamides is 1. The summed E-state index contributed by atoms with van der Waals surface area (Å²) < 4.78 is 36.5. The molecule has 4 nitrogen and oxygen atoms in total. The van der Waals surface area contributed by atoms with Crippen molar-refractivity contribution in [1.82, 2.24) is 5.32 Å². The Morgan fingerprint density at radius 1 is 1.19 bits per heavy atom. The van der Waals surface area contributed by atoms with Gasteiger partial charge in [-0.25, -0.2) is 17.9 Å². The molecule has 6 heteroatoms. The largest absolute Gasteiger partial charge is 0.311 e. The van der Waals surface area contributed by atoms with Gasteiger partial charge in [0.1, 0.15) is 6.67 Å². The van der Waals surface area contributed by atoms with Gasteiger partial charge < -0.3 is 5.32 Å². The molecule has 2 aromatic rings. The number of aryl methyl sites for hydroxylation is 1. The molecule has 0 heterocycles. The lowest BCUT2D eigenvalue weighted by Crippen LogP contribution is -2.35. The van der Waals surface area contributed by atoms with Crippen LogP contribution < -0.4 is 10.5 Å². The lowest BCUT2D eigenvalue weighted by atomic mass is 9.86. The minimum Gasteiger partial charge on any atom is -0.311 e. The Bertz CT molecular complexity index is 926. The van der Waals surface area contributed by atoms with Crippen LogP contribution in [0, 0.1) is 0 Å². The van der Waals surface area contributed by atoms with Crippen molar-refractivity contribution in [3.8, 4) is 11.1 Å². The normalized spacial score (nSPS) is 17.1. The lowest BCUT2D eigenvalue weighted by Gasteiger charge is -2.26. The molecule has 0 amide bonds. The van der Waals surface area contributed by atoms with Crippen LogP contribution in [0.1, 0.15) is 42.9 Å². The molecule has 27 heavy (non-hydrogen) atoms. The van der Waals surface area contributed by atoms with Gasteiger partial charge in [-0.1, -0.05) is 38.1 Å². The van der Waals surface area contributed by atoms with Gasteiger partial charge in [0.25, 0.3) is 0 Å². The van der Waals surface area contributed by atoms with E-state index in [1.807, 2.05) is 18.2 Å². The van der Waals surface area contributed by atoms with E-state index in [1.54, 1.807) is 6.07 Å². The summed E-state index contributed by atoms with van der Waals surface area (Å²) in [7, 11) is -3.81. The van der Waals surface area contributed by atoms with E-state index in [2.05, 4.69) is 31.3 Å². The lowest BCUT2D eigenvalue weighted by molar-refractivity contribution is 0.406. The van der Waals surface area contributed by atoms with Gasteiger partial charge in [0.15, 0.2) is 0 Å². The Balaban J connectivity index is 1.99. The maximum absolute atomic E-state index is 12.4. The van der Waals surface area contributed by atoms with E-state index in [1.165, 1.54) is 11.1 Å². The van der Waals surface area contributed by atoms with Crippen molar-refractivity contribution in [3.05, 3.63) is 53.1 Å². The van der Waals surface area contributed by atoms with Gasteiger partial charge in [0.05, 0.1) is 4.90 Å². The van der Waals surface area contributed by atoms with Gasteiger partial charge in [0, 0.05) is 18.2 Å². The third-order valence-corrected chi connectivity index (χ3v) is 6.22. The molecule has 0 aromatic heterocycles. The van der Waals surface area contributed by atoms with Gasteiger partial charge >= 0.3 is 0 Å². The molecule has 1 aliphatic rings. The average Bonchev–Trinajstić information content (AvgIpc) is 2.64. The van der Waals surface area contributed by atoms with E-state index in [9.17, 15) is 12.8 Å². The van der Waals surface area contributed by atoms with Crippen molar-refractivity contribution < 1.29 is 12.8 Å². The Morgan fingerprint density at radius 2 is 1.96 bits per heavy atom. The van der Waals surface area contributed by atoms with E-state index >= 15 is 0 Å². The van der Waals surface area contributed by atoms with Crippen LogP contribution in [-0.4, -0.2) is 27.7 Å². The molecule has 0 radical (unpaired) electrons. The third-order valence-electron chi connectivity index (χ3n) is 5.25. The molecule has 0 aliphatic heterocycles. The predicted octanol–water partition coefficient (Wildman–Crippen LogP) is 3.54. The van der Waals surface area contributed by atoms with E-state index in [-0.39, 0.29) is 11.6 Å². The van der Waals surface area contributed by atoms with Gasteiger partial charge in [-0.15, -0.1) is 0 Å². The summed E-state index contributed by atoms with van der Waals surface area (Å²) in [5.74, 6) is 0.290. The van der Waals surface area contributed by atoms with Crippen LogP contribution in [0.3, 0.4) is 0 Å². The Morgan fingerprint density at radius 3 is 2.63 bits per heavy atom. The zero-order chi connectivity index (χ0) is 19.6. The topological polar surface area (TPSA) is 72.2 Å². The highest BCUT2D eigenvalue weighted by atomic mass is 32.2. The average molecular weight is 391 g/mol. The minimum absolute atomic E-state index is 0.158. The van der Waals surface area contributed by atoms with Gasteiger partial charge in [0.2, 0.25) is 10.0 Å². The number of nitrogens with one attached hydrogen (secondary N) is 1. The Kier molecular flexibility index (Phi) is 5.99. The first-order valence-corrected chi connectivity index (χ1v) is 10.9. The Labute approximate surface area is 161 Å². The fourth-order valence-electron chi connectivity index (χ4n) is 3.74. The minimum atomic E-state index is -3.81. The second-order valence-corrected chi connectivity index (χ2v) is 9.05. The van der Waals surface area contributed by atoms with Crippen molar-refractivity contribution in [2.75, 3.05) is 13.2 Å². The fourth-order valence-corrected chi connectivity index (χ4v) is 4.48. The monoisotopic (exact) mass is 390 g/mol. The van der Waals surface area contributed by atoms with Gasteiger partial charge in [-0.3, -0.25) is 0 Å². The molecular formula is C21H27FN2O2S. The van der Waals surface area contributed by atoms with Crippen LogP contribution in [0.15, 0.2) is 41.3 Å².